The van der Waals surface area contributed by atoms with Gasteiger partial charge in [0.1, 0.15) is 0 Å². The minimum absolute atomic E-state index is 0.0382. The van der Waals surface area contributed by atoms with Crippen LogP contribution < -0.4 is 10.6 Å². The van der Waals surface area contributed by atoms with Crippen molar-refractivity contribution in [3.8, 4) is 11.3 Å². The minimum Gasteiger partial charge on any atom is -0.355 e. The maximum Gasteiger partial charge on any atom is 0.273 e. The van der Waals surface area contributed by atoms with E-state index in [1.807, 2.05) is 30.3 Å². The Labute approximate surface area is 165 Å². The molecule has 6 nitrogen and oxygen atoms in total. The number of piperidine rings is 1. The number of carbonyl (C=O) groups is 2. The van der Waals surface area contributed by atoms with E-state index in [0.29, 0.717) is 17.6 Å². The second kappa shape index (κ2) is 7.78. The molecule has 2 amide bonds. The summed E-state index contributed by atoms with van der Waals surface area (Å²) < 4.78 is 5.33. The van der Waals surface area contributed by atoms with E-state index in [1.54, 1.807) is 6.07 Å². The van der Waals surface area contributed by atoms with Crippen LogP contribution in [0.2, 0.25) is 0 Å². The number of carbonyl (C=O) groups excluding carboxylic acids is 2. The van der Waals surface area contributed by atoms with Gasteiger partial charge in [-0.05, 0) is 37.5 Å². The van der Waals surface area contributed by atoms with Crippen molar-refractivity contribution in [1.82, 2.24) is 15.8 Å². The standard InChI is InChI=1S/C22H27N3O3/c1-3-16-13(2)17-10-9-15(11-18(17)24-21(16)26)23-22(27)19-12-20(28-25-19)14-7-5-4-6-8-14/h4-8,12-13,15-18H,3,9-11H2,1-2H3,(H,23,27)(H,24,26). The topological polar surface area (TPSA) is 84.2 Å². The van der Waals surface area contributed by atoms with Crippen LogP contribution in [0, 0.1) is 17.8 Å². The molecule has 2 fully saturated rings. The van der Waals surface area contributed by atoms with Crippen LogP contribution in [0.3, 0.4) is 0 Å². The maximum absolute atomic E-state index is 12.6. The van der Waals surface area contributed by atoms with E-state index in [1.165, 1.54) is 0 Å². The van der Waals surface area contributed by atoms with Crippen LogP contribution in [-0.4, -0.2) is 29.1 Å². The van der Waals surface area contributed by atoms with Crippen molar-refractivity contribution in [2.45, 2.75) is 51.6 Å². The molecule has 1 aliphatic heterocycles. The molecule has 2 N–H and O–H groups in total. The van der Waals surface area contributed by atoms with Gasteiger partial charge in [-0.15, -0.1) is 0 Å². The predicted molar refractivity (Wildman–Crippen MR) is 105 cm³/mol. The Balaban J connectivity index is 1.39. The number of nitrogens with zero attached hydrogens (tertiary/aromatic N) is 1. The van der Waals surface area contributed by atoms with Crippen LogP contribution in [0.5, 0.6) is 0 Å². The molecule has 0 spiro atoms. The van der Waals surface area contributed by atoms with Crippen molar-refractivity contribution in [2.24, 2.45) is 17.8 Å². The molecule has 2 aliphatic rings. The molecule has 0 bridgehead atoms. The quantitative estimate of drug-likeness (QED) is 0.850. The average Bonchev–Trinajstić information content (AvgIpc) is 3.19. The molecule has 5 atom stereocenters. The lowest BCUT2D eigenvalue weighted by atomic mass is 9.67. The molecular formula is C22H27N3O3. The van der Waals surface area contributed by atoms with Crippen molar-refractivity contribution in [1.29, 1.82) is 0 Å². The number of fused-ring (bicyclic) bond motifs is 1. The van der Waals surface area contributed by atoms with Crippen molar-refractivity contribution in [3.05, 3.63) is 42.1 Å². The third-order valence-electron chi connectivity index (χ3n) is 6.45. The van der Waals surface area contributed by atoms with Crippen LogP contribution in [0.1, 0.15) is 50.0 Å². The molecule has 6 heteroatoms. The highest BCUT2D eigenvalue weighted by atomic mass is 16.5. The van der Waals surface area contributed by atoms with E-state index in [0.717, 1.165) is 31.2 Å². The minimum atomic E-state index is -0.226. The van der Waals surface area contributed by atoms with Gasteiger partial charge in [0.25, 0.3) is 5.91 Å². The molecule has 5 unspecified atom stereocenters. The molecule has 2 heterocycles. The third kappa shape index (κ3) is 3.55. The van der Waals surface area contributed by atoms with Gasteiger partial charge >= 0.3 is 0 Å². The van der Waals surface area contributed by atoms with Crippen LogP contribution >= 0.6 is 0 Å². The van der Waals surface area contributed by atoms with Gasteiger partial charge in [-0.1, -0.05) is 49.3 Å². The summed E-state index contributed by atoms with van der Waals surface area (Å²) in [7, 11) is 0. The normalized spacial score (nSPS) is 29.6. The van der Waals surface area contributed by atoms with E-state index in [2.05, 4.69) is 29.6 Å². The molecule has 28 heavy (non-hydrogen) atoms. The summed E-state index contributed by atoms with van der Waals surface area (Å²) in [6, 6.07) is 11.4. The Bertz CT molecular complexity index is 848. The molecule has 4 rings (SSSR count). The molecular weight excluding hydrogens is 354 g/mol. The number of amides is 2. The van der Waals surface area contributed by atoms with Crippen LogP contribution in [0.15, 0.2) is 40.9 Å². The summed E-state index contributed by atoms with van der Waals surface area (Å²) in [5.41, 5.74) is 1.17. The maximum atomic E-state index is 12.6. The molecule has 1 aromatic heterocycles. The van der Waals surface area contributed by atoms with E-state index >= 15 is 0 Å². The van der Waals surface area contributed by atoms with Crippen LogP contribution in [0.25, 0.3) is 11.3 Å². The fourth-order valence-corrected chi connectivity index (χ4v) is 4.88. The zero-order valence-corrected chi connectivity index (χ0v) is 16.4. The summed E-state index contributed by atoms with van der Waals surface area (Å²) in [4.78, 5) is 25.0. The van der Waals surface area contributed by atoms with E-state index in [-0.39, 0.29) is 35.5 Å². The van der Waals surface area contributed by atoms with Gasteiger partial charge in [-0.3, -0.25) is 9.59 Å². The van der Waals surface area contributed by atoms with Crippen molar-refractivity contribution in [2.75, 3.05) is 0 Å². The smallest absolute Gasteiger partial charge is 0.273 e. The number of hydrogen-bond donors (Lipinski definition) is 2. The Morgan fingerprint density at radius 2 is 2.07 bits per heavy atom. The highest BCUT2D eigenvalue weighted by Gasteiger charge is 2.43. The summed E-state index contributed by atoms with van der Waals surface area (Å²) in [5, 5.41) is 10.2. The van der Waals surface area contributed by atoms with Gasteiger partial charge in [-0.2, -0.15) is 0 Å². The zero-order valence-electron chi connectivity index (χ0n) is 16.4. The summed E-state index contributed by atoms with van der Waals surface area (Å²) in [6.45, 7) is 4.28. The molecule has 1 saturated heterocycles. The fourth-order valence-electron chi connectivity index (χ4n) is 4.88. The number of aromatic nitrogens is 1. The number of rotatable bonds is 4. The average molecular weight is 381 g/mol. The van der Waals surface area contributed by atoms with Gasteiger partial charge < -0.3 is 15.2 Å². The highest BCUT2D eigenvalue weighted by Crippen LogP contribution is 2.39. The lowest BCUT2D eigenvalue weighted by Crippen LogP contribution is -2.58. The lowest BCUT2D eigenvalue weighted by Gasteiger charge is -2.46. The Morgan fingerprint density at radius 1 is 1.29 bits per heavy atom. The first-order valence-corrected chi connectivity index (χ1v) is 10.2. The largest absolute Gasteiger partial charge is 0.355 e. The lowest BCUT2D eigenvalue weighted by molar-refractivity contribution is -0.133. The number of nitrogens with one attached hydrogen (secondary N) is 2. The van der Waals surface area contributed by atoms with Crippen molar-refractivity contribution in [3.63, 3.8) is 0 Å². The number of benzene rings is 1. The molecule has 0 radical (unpaired) electrons. The van der Waals surface area contributed by atoms with Gasteiger partial charge in [0.05, 0.1) is 0 Å². The molecule has 2 aromatic rings. The third-order valence-corrected chi connectivity index (χ3v) is 6.45. The molecule has 1 aliphatic carbocycles. The van der Waals surface area contributed by atoms with E-state index in [9.17, 15) is 9.59 Å². The summed E-state index contributed by atoms with van der Waals surface area (Å²) in [5.74, 6) is 1.51. The number of hydrogen-bond acceptors (Lipinski definition) is 4. The first-order valence-electron chi connectivity index (χ1n) is 10.2. The van der Waals surface area contributed by atoms with E-state index in [4.69, 9.17) is 4.52 Å². The SMILES string of the molecule is CCC1C(=O)NC2CC(NC(=O)c3cc(-c4ccccc4)on3)CCC2C1C. The van der Waals surface area contributed by atoms with Gasteiger partial charge in [0, 0.05) is 29.6 Å². The first kappa shape index (κ1) is 18.7. The second-order valence-electron chi connectivity index (χ2n) is 8.08. The van der Waals surface area contributed by atoms with Gasteiger partial charge in [-0.25, -0.2) is 0 Å². The Morgan fingerprint density at radius 3 is 2.82 bits per heavy atom. The summed E-state index contributed by atoms with van der Waals surface area (Å²) >= 11 is 0. The monoisotopic (exact) mass is 381 g/mol. The van der Waals surface area contributed by atoms with Crippen LogP contribution in [0.4, 0.5) is 0 Å². The molecule has 1 aromatic carbocycles. The first-order chi connectivity index (χ1) is 13.6. The Hall–Kier alpha value is -2.63. The van der Waals surface area contributed by atoms with Gasteiger partial charge in [0.2, 0.25) is 5.91 Å². The highest BCUT2D eigenvalue weighted by molar-refractivity contribution is 5.93. The fraction of sp³-hybridized carbons (Fsp3) is 0.500. The van der Waals surface area contributed by atoms with Crippen molar-refractivity contribution >= 4 is 11.8 Å². The van der Waals surface area contributed by atoms with E-state index < -0.39 is 0 Å². The summed E-state index contributed by atoms with van der Waals surface area (Å²) in [6.07, 6.45) is 3.59. The molecule has 1 saturated carbocycles. The predicted octanol–water partition coefficient (Wildman–Crippen LogP) is 3.40. The van der Waals surface area contributed by atoms with Crippen LogP contribution in [-0.2, 0) is 4.79 Å². The van der Waals surface area contributed by atoms with Gasteiger partial charge in [0.15, 0.2) is 11.5 Å². The molecule has 148 valence electrons. The second-order valence-corrected chi connectivity index (χ2v) is 8.08. The Kier molecular flexibility index (Phi) is 5.20. The van der Waals surface area contributed by atoms with Crippen molar-refractivity contribution < 1.29 is 14.1 Å². The zero-order chi connectivity index (χ0) is 19.7.